The summed E-state index contributed by atoms with van der Waals surface area (Å²) in [6.45, 7) is 1.60. The first-order valence-electron chi connectivity index (χ1n) is 8.11. The molecule has 1 aromatic carbocycles. The van der Waals surface area contributed by atoms with E-state index in [4.69, 9.17) is 27.9 Å². The lowest BCUT2D eigenvalue weighted by molar-refractivity contribution is -0.143. The number of esters is 1. The molecule has 4 nitrogen and oxygen atoms in total. The van der Waals surface area contributed by atoms with Gasteiger partial charge in [0.05, 0.1) is 5.02 Å². The number of piperidine rings is 1. The van der Waals surface area contributed by atoms with E-state index in [1.54, 1.807) is 24.4 Å². The third-order valence-corrected chi connectivity index (χ3v) is 4.52. The number of hydrogen-bond acceptors (Lipinski definition) is 4. The number of nitrogens with zero attached hydrogens (tertiary/aromatic N) is 2. The molecule has 6 heteroatoms. The fourth-order valence-corrected chi connectivity index (χ4v) is 2.94. The van der Waals surface area contributed by atoms with Crippen molar-refractivity contribution in [2.75, 3.05) is 18.0 Å². The topological polar surface area (TPSA) is 42.4 Å². The molecule has 2 heterocycles. The Balaban J connectivity index is 1.47. The summed E-state index contributed by atoms with van der Waals surface area (Å²) < 4.78 is 5.52. The van der Waals surface area contributed by atoms with Crippen molar-refractivity contribution >= 4 is 41.1 Å². The smallest absolute Gasteiger partial charge is 0.331 e. The van der Waals surface area contributed by atoms with Crippen LogP contribution in [0.3, 0.4) is 0 Å². The van der Waals surface area contributed by atoms with Gasteiger partial charge in [0.25, 0.3) is 0 Å². The number of benzene rings is 1. The molecule has 0 amide bonds. The van der Waals surface area contributed by atoms with E-state index in [0.29, 0.717) is 10.0 Å². The Hall–Kier alpha value is -2.04. The Morgan fingerprint density at radius 3 is 2.40 bits per heavy atom. The van der Waals surface area contributed by atoms with Crippen LogP contribution in [0.5, 0.6) is 0 Å². The Morgan fingerprint density at radius 2 is 1.76 bits per heavy atom. The minimum atomic E-state index is -0.321. The molecule has 1 aliphatic rings. The summed E-state index contributed by atoms with van der Waals surface area (Å²) in [6.07, 6.45) is 6.33. The Bertz CT molecular complexity index is 737. The van der Waals surface area contributed by atoms with Gasteiger partial charge in [-0.2, -0.15) is 0 Å². The average Bonchev–Trinajstić information content (AvgIpc) is 2.63. The molecule has 0 bridgehead atoms. The largest absolute Gasteiger partial charge is 0.459 e. The predicted molar refractivity (Wildman–Crippen MR) is 101 cm³/mol. The first-order valence-corrected chi connectivity index (χ1v) is 8.86. The number of carbonyl (C=O) groups is 1. The van der Waals surface area contributed by atoms with Crippen LogP contribution in [0.1, 0.15) is 18.4 Å². The van der Waals surface area contributed by atoms with Crippen LogP contribution in [-0.4, -0.2) is 30.1 Å². The van der Waals surface area contributed by atoms with Crippen LogP contribution in [0.4, 0.5) is 5.82 Å². The molecule has 0 spiro atoms. The monoisotopic (exact) mass is 376 g/mol. The molecular formula is C19H18Cl2N2O2. The van der Waals surface area contributed by atoms with E-state index < -0.39 is 0 Å². The van der Waals surface area contributed by atoms with Crippen molar-refractivity contribution in [3.63, 3.8) is 0 Å². The SMILES string of the molecule is O=C(C=Cc1ccc(Cl)cc1)OC1CCN(c2ccc(Cl)cn2)CC1. The highest BCUT2D eigenvalue weighted by Gasteiger charge is 2.22. The lowest BCUT2D eigenvalue weighted by atomic mass is 10.1. The van der Waals surface area contributed by atoms with Gasteiger partial charge in [-0.15, -0.1) is 0 Å². The average molecular weight is 377 g/mol. The van der Waals surface area contributed by atoms with Gasteiger partial charge < -0.3 is 9.64 Å². The molecule has 1 saturated heterocycles. The quantitative estimate of drug-likeness (QED) is 0.576. The standard InChI is InChI=1S/C19H18Cl2N2O2/c20-15-4-1-14(2-5-15)3-8-19(24)25-17-9-11-23(12-10-17)18-7-6-16(21)13-22-18/h1-8,13,17H,9-12H2. The van der Waals surface area contributed by atoms with Crippen LogP contribution in [0.15, 0.2) is 48.7 Å². The van der Waals surface area contributed by atoms with E-state index in [9.17, 15) is 4.79 Å². The number of pyridine rings is 1. The van der Waals surface area contributed by atoms with Gasteiger partial charge in [-0.3, -0.25) is 0 Å². The van der Waals surface area contributed by atoms with Crippen molar-refractivity contribution in [3.8, 4) is 0 Å². The van der Waals surface area contributed by atoms with Crippen molar-refractivity contribution in [2.45, 2.75) is 18.9 Å². The summed E-state index contributed by atoms with van der Waals surface area (Å²) in [7, 11) is 0. The second-order valence-corrected chi connectivity index (χ2v) is 6.72. The molecule has 0 saturated carbocycles. The van der Waals surface area contributed by atoms with E-state index in [1.807, 2.05) is 24.3 Å². The van der Waals surface area contributed by atoms with Gasteiger partial charge in [-0.25, -0.2) is 9.78 Å². The second-order valence-electron chi connectivity index (χ2n) is 5.84. The highest BCUT2D eigenvalue weighted by molar-refractivity contribution is 6.30. The third kappa shape index (κ3) is 5.21. The van der Waals surface area contributed by atoms with Gasteiger partial charge in [0, 0.05) is 43.2 Å². The van der Waals surface area contributed by atoms with Crippen LogP contribution in [0.25, 0.3) is 6.08 Å². The molecule has 0 N–H and O–H groups in total. The summed E-state index contributed by atoms with van der Waals surface area (Å²) in [4.78, 5) is 18.5. The molecule has 0 radical (unpaired) electrons. The molecular weight excluding hydrogens is 359 g/mol. The number of aromatic nitrogens is 1. The summed E-state index contributed by atoms with van der Waals surface area (Å²) in [5, 5.41) is 1.29. The second kappa shape index (κ2) is 8.37. The van der Waals surface area contributed by atoms with Crippen molar-refractivity contribution in [2.24, 2.45) is 0 Å². The zero-order valence-electron chi connectivity index (χ0n) is 13.6. The van der Waals surface area contributed by atoms with Gasteiger partial charge in [-0.05, 0) is 35.9 Å². The molecule has 0 aliphatic carbocycles. The number of hydrogen-bond donors (Lipinski definition) is 0. The van der Waals surface area contributed by atoms with Crippen molar-refractivity contribution < 1.29 is 9.53 Å². The summed E-state index contributed by atoms with van der Waals surface area (Å²) in [6, 6.07) is 11.0. The lowest BCUT2D eigenvalue weighted by Gasteiger charge is -2.32. The highest BCUT2D eigenvalue weighted by atomic mass is 35.5. The van der Waals surface area contributed by atoms with Crippen LogP contribution in [0, 0.1) is 0 Å². The van der Waals surface area contributed by atoms with Crippen LogP contribution in [-0.2, 0) is 9.53 Å². The number of ether oxygens (including phenoxy) is 1. The normalized spacial score (nSPS) is 15.5. The number of halogens is 2. The fourth-order valence-electron chi connectivity index (χ4n) is 2.70. The predicted octanol–water partition coefficient (Wildman–Crippen LogP) is 4.61. The lowest BCUT2D eigenvalue weighted by Crippen LogP contribution is -2.38. The van der Waals surface area contributed by atoms with Gasteiger partial charge >= 0.3 is 5.97 Å². The molecule has 0 atom stereocenters. The van der Waals surface area contributed by atoms with Crippen molar-refractivity contribution in [1.29, 1.82) is 0 Å². The molecule has 1 aromatic heterocycles. The molecule has 130 valence electrons. The van der Waals surface area contributed by atoms with E-state index in [-0.39, 0.29) is 12.1 Å². The van der Waals surface area contributed by atoms with Gasteiger partial charge in [0.2, 0.25) is 0 Å². The Labute approximate surface area is 157 Å². The maximum absolute atomic E-state index is 12.0. The Kier molecular flexibility index (Phi) is 5.95. The summed E-state index contributed by atoms with van der Waals surface area (Å²) >= 11 is 11.7. The molecule has 1 fully saturated rings. The van der Waals surface area contributed by atoms with Crippen LogP contribution >= 0.6 is 23.2 Å². The van der Waals surface area contributed by atoms with E-state index in [2.05, 4.69) is 9.88 Å². The fraction of sp³-hybridized carbons (Fsp3) is 0.263. The van der Waals surface area contributed by atoms with Crippen LogP contribution < -0.4 is 4.90 Å². The highest BCUT2D eigenvalue weighted by Crippen LogP contribution is 2.21. The zero-order valence-corrected chi connectivity index (χ0v) is 15.1. The Morgan fingerprint density at radius 1 is 1.08 bits per heavy atom. The van der Waals surface area contributed by atoms with Crippen LogP contribution in [0.2, 0.25) is 10.0 Å². The number of rotatable bonds is 4. The molecule has 1 aliphatic heterocycles. The summed E-state index contributed by atoms with van der Waals surface area (Å²) in [5.74, 6) is 0.579. The first kappa shape index (κ1) is 17.8. The minimum absolute atomic E-state index is 0.0640. The molecule has 2 aromatic rings. The first-order chi connectivity index (χ1) is 12.1. The van der Waals surface area contributed by atoms with Gasteiger partial charge in [-0.1, -0.05) is 35.3 Å². The van der Waals surface area contributed by atoms with Crippen molar-refractivity contribution in [1.82, 2.24) is 4.98 Å². The molecule has 25 heavy (non-hydrogen) atoms. The number of carbonyl (C=O) groups excluding carboxylic acids is 1. The van der Waals surface area contributed by atoms with Gasteiger partial charge in [0.15, 0.2) is 0 Å². The maximum Gasteiger partial charge on any atom is 0.331 e. The van der Waals surface area contributed by atoms with E-state index in [0.717, 1.165) is 37.3 Å². The maximum atomic E-state index is 12.0. The van der Waals surface area contributed by atoms with Gasteiger partial charge in [0.1, 0.15) is 11.9 Å². The third-order valence-electron chi connectivity index (χ3n) is 4.04. The van der Waals surface area contributed by atoms with E-state index in [1.165, 1.54) is 6.08 Å². The zero-order chi connectivity index (χ0) is 17.6. The molecule has 3 rings (SSSR count). The van der Waals surface area contributed by atoms with Crippen molar-refractivity contribution in [3.05, 3.63) is 64.3 Å². The van der Waals surface area contributed by atoms with E-state index >= 15 is 0 Å². The number of anilines is 1. The minimum Gasteiger partial charge on any atom is -0.459 e. The summed E-state index contributed by atoms with van der Waals surface area (Å²) in [5.41, 5.74) is 0.907. The molecule has 0 unspecified atom stereocenters.